The Kier molecular flexibility index (Phi) is 5.68. The minimum atomic E-state index is -0.469. The third-order valence-corrected chi connectivity index (χ3v) is 4.23. The van der Waals surface area contributed by atoms with Gasteiger partial charge in [0, 0.05) is 9.85 Å². The van der Waals surface area contributed by atoms with Crippen molar-refractivity contribution in [2.24, 2.45) is 0 Å². The number of nitrogens with zero attached hydrogens (tertiary/aromatic N) is 1. The fourth-order valence-corrected chi connectivity index (χ4v) is 2.95. The Morgan fingerprint density at radius 1 is 1.36 bits per heavy atom. The molecule has 0 fully saturated rings. The number of hydrogen-bond donors (Lipinski definition) is 1. The summed E-state index contributed by atoms with van der Waals surface area (Å²) in [7, 11) is 0. The highest BCUT2D eigenvalue weighted by Crippen LogP contribution is 2.23. The summed E-state index contributed by atoms with van der Waals surface area (Å²) in [5, 5.41) is 5.38. The number of nitrogens with one attached hydrogen (secondary N) is 1. The molecule has 0 saturated carbocycles. The standard InChI is InChI=1S/C15H15BrN2O3S/c1-9-3-4-13(12(16)5-9)18-14(19)7-21-15(20)6-11-8-22-10(2)17-11/h3-5,8H,6-7H2,1-2H3,(H,18,19). The summed E-state index contributed by atoms with van der Waals surface area (Å²) in [6.07, 6.45) is 0.0752. The number of thiazole rings is 1. The maximum Gasteiger partial charge on any atom is 0.312 e. The molecule has 22 heavy (non-hydrogen) atoms. The van der Waals surface area contributed by atoms with Gasteiger partial charge in [0.2, 0.25) is 0 Å². The zero-order valence-electron chi connectivity index (χ0n) is 12.2. The Hall–Kier alpha value is -1.73. The molecule has 0 aliphatic rings. The molecule has 5 nitrogen and oxygen atoms in total. The minimum absolute atomic E-state index is 0.0752. The van der Waals surface area contributed by atoms with Crippen molar-refractivity contribution in [1.82, 2.24) is 4.98 Å². The van der Waals surface area contributed by atoms with E-state index in [1.807, 2.05) is 26.0 Å². The van der Waals surface area contributed by atoms with E-state index >= 15 is 0 Å². The van der Waals surface area contributed by atoms with E-state index < -0.39 is 5.97 Å². The molecule has 7 heteroatoms. The van der Waals surface area contributed by atoms with Crippen molar-refractivity contribution in [2.45, 2.75) is 20.3 Å². The van der Waals surface area contributed by atoms with Gasteiger partial charge in [-0.1, -0.05) is 6.07 Å². The zero-order valence-corrected chi connectivity index (χ0v) is 14.6. The largest absolute Gasteiger partial charge is 0.455 e. The molecule has 1 N–H and O–H groups in total. The Morgan fingerprint density at radius 2 is 2.14 bits per heavy atom. The van der Waals surface area contributed by atoms with Crippen molar-refractivity contribution < 1.29 is 14.3 Å². The third-order valence-electron chi connectivity index (χ3n) is 2.75. The average molecular weight is 383 g/mol. The number of aryl methyl sites for hydroxylation is 2. The summed E-state index contributed by atoms with van der Waals surface area (Å²) in [4.78, 5) is 27.6. The molecule has 0 saturated heterocycles. The number of anilines is 1. The van der Waals surface area contributed by atoms with E-state index in [1.165, 1.54) is 11.3 Å². The molecule has 0 radical (unpaired) electrons. The lowest BCUT2D eigenvalue weighted by Gasteiger charge is -2.08. The highest BCUT2D eigenvalue weighted by molar-refractivity contribution is 9.10. The summed E-state index contributed by atoms with van der Waals surface area (Å²) in [5.74, 6) is -0.851. The molecular formula is C15H15BrN2O3S. The van der Waals surface area contributed by atoms with E-state index in [-0.39, 0.29) is 18.9 Å². The Bertz CT molecular complexity index is 700. The Labute approximate surface area is 140 Å². The van der Waals surface area contributed by atoms with Gasteiger partial charge in [-0.05, 0) is 47.5 Å². The van der Waals surface area contributed by atoms with Gasteiger partial charge in [-0.2, -0.15) is 0 Å². The summed E-state index contributed by atoms with van der Waals surface area (Å²) < 4.78 is 5.73. The van der Waals surface area contributed by atoms with Crippen LogP contribution in [0.15, 0.2) is 28.1 Å². The van der Waals surface area contributed by atoms with Crippen LogP contribution < -0.4 is 5.32 Å². The zero-order chi connectivity index (χ0) is 16.1. The second kappa shape index (κ2) is 7.51. The van der Waals surface area contributed by atoms with Crippen LogP contribution in [-0.4, -0.2) is 23.5 Å². The number of esters is 1. The number of carbonyl (C=O) groups excluding carboxylic acids is 2. The van der Waals surface area contributed by atoms with Crippen LogP contribution in [0, 0.1) is 13.8 Å². The van der Waals surface area contributed by atoms with Crippen molar-refractivity contribution >= 4 is 44.8 Å². The lowest BCUT2D eigenvalue weighted by molar-refractivity contribution is -0.146. The molecule has 0 aliphatic carbocycles. The van der Waals surface area contributed by atoms with Gasteiger partial charge in [-0.3, -0.25) is 9.59 Å². The van der Waals surface area contributed by atoms with E-state index in [0.29, 0.717) is 11.4 Å². The maximum atomic E-state index is 11.8. The fourth-order valence-electron chi connectivity index (χ4n) is 1.74. The van der Waals surface area contributed by atoms with Crippen LogP contribution >= 0.6 is 27.3 Å². The van der Waals surface area contributed by atoms with Crippen LogP contribution in [0.5, 0.6) is 0 Å². The molecule has 0 atom stereocenters. The van der Waals surface area contributed by atoms with Gasteiger partial charge in [0.15, 0.2) is 6.61 Å². The number of halogens is 1. The Balaban J connectivity index is 1.81. The molecular weight excluding hydrogens is 368 g/mol. The summed E-state index contributed by atoms with van der Waals surface area (Å²) >= 11 is 4.84. The molecule has 1 heterocycles. The first-order valence-corrected chi connectivity index (χ1v) is 8.24. The van der Waals surface area contributed by atoms with Crippen molar-refractivity contribution in [3.05, 3.63) is 44.3 Å². The number of benzene rings is 1. The van der Waals surface area contributed by atoms with Crippen molar-refractivity contribution in [1.29, 1.82) is 0 Å². The topological polar surface area (TPSA) is 68.3 Å². The molecule has 1 aromatic carbocycles. The van der Waals surface area contributed by atoms with Crippen LogP contribution in [0.3, 0.4) is 0 Å². The number of ether oxygens (including phenoxy) is 1. The van der Waals surface area contributed by atoms with Crippen LogP contribution in [0.2, 0.25) is 0 Å². The molecule has 0 aliphatic heterocycles. The molecule has 1 amide bonds. The van der Waals surface area contributed by atoms with Gasteiger partial charge in [-0.15, -0.1) is 11.3 Å². The lowest BCUT2D eigenvalue weighted by Crippen LogP contribution is -2.21. The molecule has 0 bridgehead atoms. The molecule has 1 aromatic heterocycles. The van der Waals surface area contributed by atoms with E-state index in [2.05, 4.69) is 26.2 Å². The van der Waals surface area contributed by atoms with E-state index in [4.69, 9.17) is 4.74 Å². The number of aromatic nitrogens is 1. The maximum absolute atomic E-state index is 11.8. The van der Waals surface area contributed by atoms with E-state index in [1.54, 1.807) is 11.4 Å². The van der Waals surface area contributed by atoms with Crippen LogP contribution in [0.4, 0.5) is 5.69 Å². The molecule has 2 rings (SSSR count). The van der Waals surface area contributed by atoms with Gasteiger partial charge in [0.25, 0.3) is 5.91 Å². The number of carbonyl (C=O) groups is 2. The second-order valence-corrected chi connectivity index (χ2v) is 6.64. The highest BCUT2D eigenvalue weighted by atomic mass is 79.9. The van der Waals surface area contributed by atoms with Gasteiger partial charge < -0.3 is 10.1 Å². The highest BCUT2D eigenvalue weighted by Gasteiger charge is 2.11. The average Bonchev–Trinajstić information content (AvgIpc) is 2.85. The van der Waals surface area contributed by atoms with Gasteiger partial charge >= 0.3 is 5.97 Å². The summed E-state index contributed by atoms with van der Waals surface area (Å²) in [6, 6.07) is 5.57. The number of hydrogen-bond acceptors (Lipinski definition) is 5. The van der Waals surface area contributed by atoms with Gasteiger partial charge in [-0.25, -0.2) is 4.98 Å². The second-order valence-electron chi connectivity index (χ2n) is 4.73. The normalized spacial score (nSPS) is 10.3. The lowest BCUT2D eigenvalue weighted by atomic mass is 10.2. The smallest absolute Gasteiger partial charge is 0.312 e. The quantitative estimate of drug-likeness (QED) is 0.805. The Morgan fingerprint density at radius 3 is 2.77 bits per heavy atom. The monoisotopic (exact) mass is 382 g/mol. The fraction of sp³-hybridized carbons (Fsp3) is 0.267. The summed E-state index contributed by atoms with van der Waals surface area (Å²) in [5.41, 5.74) is 2.38. The third kappa shape index (κ3) is 4.92. The van der Waals surface area contributed by atoms with Gasteiger partial charge in [0.1, 0.15) is 0 Å². The van der Waals surface area contributed by atoms with Crippen molar-refractivity contribution in [3.63, 3.8) is 0 Å². The molecule has 0 spiro atoms. The first-order valence-electron chi connectivity index (χ1n) is 6.56. The van der Waals surface area contributed by atoms with Crippen molar-refractivity contribution in [3.8, 4) is 0 Å². The van der Waals surface area contributed by atoms with Gasteiger partial charge in [0.05, 0.1) is 22.8 Å². The SMILES string of the molecule is Cc1ccc(NC(=O)COC(=O)Cc2csc(C)n2)c(Br)c1. The predicted octanol–water partition coefficient (Wildman–Crippen LogP) is 3.25. The first kappa shape index (κ1) is 16.6. The van der Waals surface area contributed by atoms with E-state index in [9.17, 15) is 9.59 Å². The van der Waals surface area contributed by atoms with Crippen LogP contribution in [0.1, 0.15) is 16.3 Å². The number of amides is 1. The number of rotatable bonds is 5. The van der Waals surface area contributed by atoms with E-state index in [0.717, 1.165) is 15.0 Å². The van der Waals surface area contributed by atoms with Crippen molar-refractivity contribution in [2.75, 3.05) is 11.9 Å². The first-order chi connectivity index (χ1) is 10.4. The predicted molar refractivity (Wildman–Crippen MR) is 89.0 cm³/mol. The molecule has 116 valence electrons. The summed E-state index contributed by atoms with van der Waals surface area (Å²) in [6.45, 7) is 3.51. The molecule has 2 aromatic rings. The van der Waals surface area contributed by atoms with Crippen LogP contribution in [-0.2, 0) is 20.7 Å². The van der Waals surface area contributed by atoms with Crippen LogP contribution in [0.25, 0.3) is 0 Å². The molecule has 0 unspecified atom stereocenters. The minimum Gasteiger partial charge on any atom is -0.455 e.